The fourth-order valence-electron chi connectivity index (χ4n) is 1.78. The highest BCUT2D eigenvalue weighted by atomic mass is 16.5. The summed E-state index contributed by atoms with van der Waals surface area (Å²) in [7, 11) is 0. The van der Waals surface area contributed by atoms with E-state index in [1.54, 1.807) is 12.3 Å². The van der Waals surface area contributed by atoms with Crippen LogP contribution in [0.15, 0.2) is 12.3 Å². The van der Waals surface area contributed by atoms with Gasteiger partial charge in [-0.25, -0.2) is 0 Å². The van der Waals surface area contributed by atoms with Crippen molar-refractivity contribution < 1.29 is 20.1 Å². The quantitative estimate of drug-likeness (QED) is 0.485. The van der Waals surface area contributed by atoms with Crippen molar-refractivity contribution in [1.82, 2.24) is 10.2 Å². The van der Waals surface area contributed by atoms with Crippen LogP contribution in [0.2, 0.25) is 0 Å². The second-order valence-corrected chi connectivity index (χ2v) is 3.64. The molecule has 2 rings (SSSR count). The average Bonchev–Trinajstić information content (AvgIpc) is 2.75. The molecular weight excluding hydrogens is 200 g/mol. The Bertz CT molecular complexity index is 303. The number of aliphatic hydroxyl groups excluding tert-OH is 3. The van der Waals surface area contributed by atoms with Gasteiger partial charge in [0.15, 0.2) is 0 Å². The van der Waals surface area contributed by atoms with E-state index in [1.165, 1.54) is 0 Å². The summed E-state index contributed by atoms with van der Waals surface area (Å²) < 4.78 is 5.23. The van der Waals surface area contributed by atoms with Crippen molar-refractivity contribution in [2.45, 2.75) is 24.2 Å². The fraction of sp³-hybridized carbons (Fsp3) is 0.667. The predicted octanol–water partition coefficient (Wildman–Crippen LogP) is -1.39. The van der Waals surface area contributed by atoms with Gasteiger partial charge in [-0.2, -0.15) is 5.10 Å². The second kappa shape index (κ2) is 4.28. The van der Waals surface area contributed by atoms with Crippen molar-refractivity contribution in [3.05, 3.63) is 18.0 Å². The molecule has 6 heteroatoms. The largest absolute Gasteiger partial charge is 0.394 e. The standard InChI is InChI=1S/C9H14N2O4/c12-3-7-9(14)8(13)5(4-15-7)6-1-2-10-11-6/h1-2,5,7-9,12-14H,3-4H2,(H,10,11). The molecule has 4 atom stereocenters. The normalized spacial score (nSPS) is 36.7. The zero-order valence-corrected chi connectivity index (χ0v) is 8.08. The van der Waals surface area contributed by atoms with Crippen molar-refractivity contribution >= 4 is 0 Å². The van der Waals surface area contributed by atoms with Crippen LogP contribution in [0.25, 0.3) is 0 Å². The van der Waals surface area contributed by atoms with Crippen LogP contribution in [-0.2, 0) is 4.74 Å². The highest BCUT2D eigenvalue weighted by molar-refractivity contribution is 5.11. The van der Waals surface area contributed by atoms with Crippen molar-refractivity contribution in [1.29, 1.82) is 0 Å². The van der Waals surface area contributed by atoms with Crippen molar-refractivity contribution in [3.63, 3.8) is 0 Å². The number of hydrogen-bond acceptors (Lipinski definition) is 5. The summed E-state index contributed by atoms with van der Waals surface area (Å²) in [4.78, 5) is 0. The summed E-state index contributed by atoms with van der Waals surface area (Å²) in [5, 5.41) is 34.9. The third kappa shape index (κ3) is 1.89. The third-order valence-electron chi connectivity index (χ3n) is 2.72. The van der Waals surface area contributed by atoms with Gasteiger partial charge >= 0.3 is 0 Å². The number of rotatable bonds is 2. The third-order valence-corrected chi connectivity index (χ3v) is 2.72. The van der Waals surface area contributed by atoms with Gasteiger partial charge in [0.1, 0.15) is 12.2 Å². The molecule has 1 aromatic heterocycles. The number of nitrogens with zero attached hydrogens (tertiary/aromatic N) is 1. The van der Waals surface area contributed by atoms with E-state index in [-0.39, 0.29) is 19.1 Å². The van der Waals surface area contributed by atoms with Gasteiger partial charge in [0.05, 0.1) is 30.9 Å². The summed E-state index contributed by atoms with van der Waals surface area (Å²) in [5.41, 5.74) is 0.651. The van der Waals surface area contributed by atoms with Crippen LogP contribution in [0, 0.1) is 0 Å². The van der Waals surface area contributed by atoms with Gasteiger partial charge in [-0.05, 0) is 6.07 Å². The van der Waals surface area contributed by atoms with E-state index in [0.717, 1.165) is 0 Å². The van der Waals surface area contributed by atoms with E-state index >= 15 is 0 Å². The van der Waals surface area contributed by atoms with E-state index in [2.05, 4.69) is 10.2 Å². The first-order chi connectivity index (χ1) is 7.24. The Labute approximate surface area is 86.5 Å². The van der Waals surface area contributed by atoms with Gasteiger partial charge in [-0.15, -0.1) is 0 Å². The summed E-state index contributed by atoms with van der Waals surface area (Å²) in [6, 6.07) is 1.73. The molecule has 15 heavy (non-hydrogen) atoms. The Balaban J connectivity index is 2.11. The molecule has 0 saturated carbocycles. The van der Waals surface area contributed by atoms with Gasteiger partial charge in [0, 0.05) is 6.20 Å². The molecule has 0 amide bonds. The van der Waals surface area contributed by atoms with Gasteiger partial charge in [-0.1, -0.05) is 0 Å². The molecule has 4 N–H and O–H groups in total. The smallest absolute Gasteiger partial charge is 0.109 e. The number of hydrogen-bond donors (Lipinski definition) is 4. The molecule has 1 aliphatic rings. The molecule has 1 saturated heterocycles. The van der Waals surface area contributed by atoms with Crippen LogP contribution >= 0.6 is 0 Å². The number of nitrogens with one attached hydrogen (secondary N) is 1. The minimum Gasteiger partial charge on any atom is -0.394 e. The van der Waals surface area contributed by atoms with E-state index in [1.807, 2.05) is 0 Å². The van der Waals surface area contributed by atoms with E-state index in [9.17, 15) is 10.2 Å². The van der Waals surface area contributed by atoms with Crippen molar-refractivity contribution in [2.24, 2.45) is 0 Å². The van der Waals surface area contributed by atoms with Crippen LogP contribution in [0.1, 0.15) is 11.6 Å². The highest BCUT2D eigenvalue weighted by Gasteiger charge is 2.39. The molecular formula is C9H14N2O4. The molecule has 0 radical (unpaired) electrons. The SMILES string of the molecule is OCC1OCC(c2cc[nH]n2)C(O)C1O. The molecule has 0 aromatic carbocycles. The first kappa shape index (κ1) is 10.6. The molecule has 0 aliphatic carbocycles. The average molecular weight is 214 g/mol. The number of H-pyrrole nitrogens is 1. The van der Waals surface area contributed by atoms with Crippen LogP contribution in [-0.4, -0.2) is 57.0 Å². The zero-order valence-electron chi connectivity index (χ0n) is 8.08. The Morgan fingerprint density at radius 2 is 2.27 bits per heavy atom. The van der Waals surface area contributed by atoms with Gasteiger partial charge < -0.3 is 20.1 Å². The molecule has 4 unspecified atom stereocenters. The highest BCUT2D eigenvalue weighted by Crippen LogP contribution is 2.27. The maximum absolute atomic E-state index is 9.82. The number of aromatic nitrogens is 2. The first-order valence-corrected chi connectivity index (χ1v) is 4.82. The Morgan fingerprint density at radius 3 is 2.87 bits per heavy atom. The zero-order chi connectivity index (χ0) is 10.8. The Morgan fingerprint density at radius 1 is 1.47 bits per heavy atom. The van der Waals surface area contributed by atoms with Crippen molar-refractivity contribution in [2.75, 3.05) is 13.2 Å². The van der Waals surface area contributed by atoms with Crippen LogP contribution < -0.4 is 0 Å². The lowest BCUT2D eigenvalue weighted by molar-refractivity contribution is -0.158. The maximum atomic E-state index is 9.82. The molecule has 6 nitrogen and oxygen atoms in total. The molecule has 1 aliphatic heterocycles. The van der Waals surface area contributed by atoms with E-state index in [0.29, 0.717) is 5.69 Å². The molecule has 1 aromatic rings. The van der Waals surface area contributed by atoms with Crippen LogP contribution in [0.5, 0.6) is 0 Å². The Kier molecular flexibility index (Phi) is 3.01. The first-order valence-electron chi connectivity index (χ1n) is 4.82. The fourth-order valence-corrected chi connectivity index (χ4v) is 1.78. The van der Waals surface area contributed by atoms with Gasteiger partial charge in [0.25, 0.3) is 0 Å². The monoisotopic (exact) mass is 214 g/mol. The summed E-state index contributed by atoms with van der Waals surface area (Å²) in [6.07, 6.45) is -1.10. The lowest BCUT2D eigenvalue weighted by Crippen LogP contribution is -2.50. The summed E-state index contributed by atoms with van der Waals surface area (Å²) >= 11 is 0. The number of ether oxygens (including phenoxy) is 1. The van der Waals surface area contributed by atoms with Crippen LogP contribution in [0.3, 0.4) is 0 Å². The van der Waals surface area contributed by atoms with Crippen molar-refractivity contribution in [3.8, 4) is 0 Å². The van der Waals surface area contributed by atoms with E-state index < -0.39 is 18.3 Å². The van der Waals surface area contributed by atoms with E-state index in [4.69, 9.17) is 9.84 Å². The molecule has 84 valence electrons. The summed E-state index contributed by atoms with van der Waals surface area (Å²) in [6.45, 7) is -0.0557. The summed E-state index contributed by atoms with van der Waals surface area (Å²) in [5.74, 6) is -0.353. The predicted molar refractivity (Wildman–Crippen MR) is 50.2 cm³/mol. The minimum absolute atomic E-state index is 0.244. The molecule has 0 bridgehead atoms. The number of aromatic amines is 1. The Hall–Kier alpha value is -0.950. The lowest BCUT2D eigenvalue weighted by atomic mass is 9.90. The maximum Gasteiger partial charge on any atom is 0.109 e. The second-order valence-electron chi connectivity index (χ2n) is 3.64. The lowest BCUT2D eigenvalue weighted by Gasteiger charge is -2.36. The van der Waals surface area contributed by atoms with Gasteiger partial charge in [-0.3, -0.25) is 5.10 Å². The van der Waals surface area contributed by atoms with Gasteiger partial charge in [0.2, 0.25) is 0 Å². The molecule has 2 heterocycles. The minimum atomic E-state index is -1.08. The van der Waals surface area contributed by atoms with Crippen LogP contribution in [0.4, 0.5) is 0 Å². The molecule has 0 spiro atoms. The topological polar surface area (TPSA) is 98.6 Å². The number of aliphatic hydroxyl groups is 3. The molecule has 1 fully saturated rings.